The third-order valence-electron chi connectivity index (χ3n) is 5.20. The van der Waals surface area contributed by atoms with Crippen molar-refractivity contribution in [3.8, 4) is 0 Å². The summed E-state index contributed by atoms with van der Waals surface area (Å²) < 4.78 is 0. The van der Waals surface area contributed by atoms with Gasteiger partial charge in [0.2, 0.25) is 5.91 Å². The third kappa shape index (κ3) is 1.97. The number of hydrogen-bond acceptors (Lipinski definition) is 2. The Balaban J connectivity index is 1.61. The molecule has 3 nitrogen and oxygen atoms in total. The minimum Gasteiger partial charge on any atom is -0.323 e. The Morgan fingerprint density at radius 3 is 2.44 bits per heavy atom. The summed E-state index contributed by atoms with van der Waals surface area (Å²) in [5, 5.41) is 3.51. The van der Waals surface area contributed by atoms with Gasteiger partial charge in [0.25, 0.3) is 0 Å². The van der Waals surface area contributed by atoms with Crippen LogP contribution in [-0.4, -0.2) is 28.6 Å². The SMILES string of the molecule is CCCC1CCC(N2C(=O)C3(CC3)NC2C)CC1. The van der Waals surface area contributed by atoms with Gasteiger partial charge in [0.1, 0.15) is 0 Å². The van der Waals surface area contributed by atoms with Crippen molar-refractivity contribution in [1.29, 1.82) is 0 Å². The molecule has 1 unspecified atom stereocenters. The summed E-state index contributed by atoms with van der Waals surface area (Å²) >= 11 is 0. The molecule has 1 atom stereocenters. The molecule has 0 aromatic carbocycles. The Morgan fingerprint density at radius 1 is 1.28 bits per heavy atom. The maximum atomic E-state index is 12.5. The van der Waals surface area contributed by atoms with Crippen LogP contribution in [0.2, 0.25) is 0 Å². The van der Waals surface area contributed by atoms with E-state index in [4.69, 9.17) is 0 Å². The van der Waals surface area contributed by atoms with Gasteiger partial charge in [-0.05, 0) is 51.4 Å². The molecule has 0 aromatic rings. The van der Waals surface area contributed by atoms with Crippen molar-refractivity contribution < 1.29 is 4.79 Å². The molecule has 3 aliphatic rings. The zero-order valence-electron chi connectivity index (χ0n) is 11.7. The van der Waals surface area contributed by atoms with Crippen LogP contribution in [-0.2, 0) is 4.79 Å². The monoisotopic (exact) mass is 250 g/mol. The van der Waals surface area contributed by atoms with E-state index in [0.717, 1.165) is 18.8 Å². The fourth-order valence-electron chi connectivity index (χ4n) is 4.04. The number of nitrogens with one attached hydrogen (secondary N) is 1. The highest BCUT2D eigenvalue weighted by molar-refractivity contribution is 5.92. The summed E-state index contributed by atoms with van der Waals surface area (Å²) in [6, 6.07) is 0.507. The van der Waals surface area contributed by atoms with Crippen LogP contribution < -0.4 is 5.32 Å². The second-order valence-corrected chi connectivity index (χ2v) is 6.58. The van der Waals surface area contributed by atoms with Gasteiger partial charge in [-0.25, -0.2) is 0 Å². The summed E-state index contributed by atoms with van der Waals surface area (Å²) in [4.78, 5) is 14.6. The van der Waals surface area contributed by atoms with Gasteiger partial charge in [0.05, 0.1) is 11.7 Å². The Bertz CT molecular complexity index is 329. The van der Waals surface area contributed by atoms with Crippen molar-refractivity contribution >= 4 is 5.91 Å². The topological polar surface area (TPSA) is 32.3 Å². The summed E-state index contributed by atoms with van der Waals surface area (Å²) in [6.07, 6.45) is 10.1. The Labute approximate surface area is 110 Å². The van der Waals surface area contributed by atoms with Crippen LogP contribution >= 0.6 is 0 Å². The molecule has 1 amide bonds. The second-order valence-electron chi connectivity index (χ2n) is 6.58. The molecule has 0 bridgehead atoms. The first-order valence-electron chi connectivity index (χ1n) is 7.77. The Kier molecular flexibility index (Phi) is 3.13. The van der Waals surface area contributed by atoms with E-state index in [0.29, 0.717) is 11.9 Å². The van der Waals surface area contributed by atoms with Crippen molar-refractivity contribution in [2.45, 2.75) is 83.0 Å². The molecule has 2 aliphatic carbocycles. The summed E-state index contributed by atoms with van der Waals surface area (Å²) in [6.45, 7) is 4.43. The first-order chi connectivity index (χ1) is 8.66. The van der Waals surface area contributed by atoms with Crippen LogP contribution in [0.4, 0.5) is 0 Å². The van der Waals surface area contributed by atoms with E-state index >= 15 is 0 Å². The second kappa shape index (κ2) is 4.52. The predicted octanol–water partition coefficient (Wildman–Crippen LogP) is 2.66. The van der Waals surface area contributed by atoms with Gasteiger partial charge >= 0.3 is 0 Å². The molecule has 1 saturated heterocycles. The van der Waals surface area contributed by atoms with Crippen molar-refractivity contribution in [3.05, 3.63) is 0 Å². The summed E-state index contributed by atoms with van der Waals surface area (Å²) in [5.74, 6) is 1.32. The zero-order valence-corrected chi connectivity index (χ0v) is 11.7. The molecular formula is C15H26N2O. The molecule has 1 aliphatic heterocycles. The molecular weight excluding hydrogens is 224 g/mol. The molecule has 0 radical (unpaired) electrons. The molecule has 1 N–H and O–H groups in total. The molecule has 3 fully saturated rings. The molecule has 1 heterocycles. The number of rotatable bonds is 3. The largest absolute Gasteiger partial charge is 0.323 e. The average Bonchev–Trinajstić information content (AvgIpc) is 3.07. The van der Waals surface area contributed by atoms with Crippen LogP contribution in [0.15, 0.2) is 0 Å². The minimum atomic E-state index is -0.125. The maximum Gasteiger partial charge on any atom is 0.244 e. The van der Waals surface area contributed by atoms with E-state index in [-0.39, 0.29) is 11.7 Å². The van der Waals surface area contributed by atoms with Gasteiger partial charge in [-0.1, -0.05) is 19.8 Å². The highest BCUT2D eigenvalue weighted by atomic mass is 16.2. The Morgan fingerprint density at radius 2 is 1.94 bits per heavy atom. The summed E-state index contributed by atoms with van der Waals surface area (Å²) in [5.41, 5.74) is -0.125. The van der Waals surface area contributed by atoms with Gasteiger partial charge in [0.15, 0.2) is 0 Å². The van der Waals surface area contributed by atoms with Crippen LogP contribution in [0.5, 0.6) is 0 Å². The number of nitrogens with zero attached hydrogens (tertiary/aromatic N) is 1. The van der Waals surface area contributed by atoms with Gasteiger partial charge < -0.3 is 4.90 Å². The lowest BCUT2D eigenvalue weighted by molar-refractivity contribution is -0.133. The van der Waals surface area contributed by atoms with E-state index in [9.17, 15) is 4.79 Å². The van der Waals surface area contributed by atoms with Gasteiger partial charge in [0, 0.05) is 6.04 Å². The van der Waals surface area contributed by atoms with Crippen LogP contribution in [0.3, 0.4) is 0 Å². The lowest BCUT2D eigenvalue weighted by Crippen LogP contribution is -2.44. The van der Waals surface area contributed by atoms with Crippen molar-refractivity contribution in [1.82, 2.24) is 10.2 Å². The van der Waals surface area contributed by atoms with E-state index in [1.807, 2.05) is 0 Å². The van der Waals surface area contributed by atoms with E-state index in [1.54, 1.807) is 0 Å². The number of hydrogen-bond donors (Lipinski definition) is 1. The van der Waals surface area contributed by atoms with Crippen molar-refractivity contribution in [3.63, 3.8) is 0 Å². The average molecular weight is 250 g/mol. The minimum absolute atomic E-state index is 0.125. The molecule has 3 heteroatoms. The smallest absolute Gasteiger partial charge is 0.244 e. The maximum absolute atomic E-state index is 12.5. The molecule has 18 heavy (non-hydrogen) atoms. The van der Waals surface area contributed by atoms with Gasteiger partial charge in [-0.3, -0.25) is 10.1 Å². The normalized spacial score (nSPS) is 38.4. The highest BCUT2D eigenvalue weighted by Crippen LogP contribution is 2.44. The van der Waals surface area contributed by atoms with Crippen LogP contribution in [0, 0.1) is 5.92 Å². The quantitative estimate of drug-likeness (QED) is 0.835. The van der Waals surface area contributed by atoms with Crippen molar-refractivity contribution in [2.24, 2.45) is 5.92 Å². The lowest BCUT2D eigenvalue weighted by Gasteiger charge is -2.36. The van der Waals surface area contributed by atoms with Crippen LogP contribution in [0.1, 0.15) is 65.2 Å². The van der Waals surface area contributed by atoms with Crippen molar-refractivity contribution in [2.75, 3.05) is 0 Å². The number of carbonyl (C=O) groups excluding carboxylic acids is 1. The third-order valence-corrected chi connectivity index (χ3v) is 5.20. The first-order valence-corrected chi connectivity index (χ1v) is 7.77. The molecule has 1 spiro atoms. The zero-order chi connectivity index (χ0) is 12.8. The standard InChI is InChI=1S/C15H26N2O/c1-3-4-12-5-7-13(8-6-12)17-11(2)16-15(9-10-15)14(17)18/h11-13,16H,3-10H2,1-2H3. The van der Waals surface area contributed by atoms with E-state index in [1.165, 1.54) is 38.5 Å². The number of amides is 1. The predicted molar refractivity (Wildman–Crippen MR) is 72.1 cm³/mol. The van der Waals surface area contributed by atoms with Gasteiger partial charge in [-0.15, -0.1) is 0 Å². The molecule has 2 saturated carbocycles. The van der Waals surface area contributed by atoms with E-state index < -0.39 is 0 Å². The molecule has 3 rings (SSSR count). The van der Waals surface area contributed by atoms with E-state index in [2.05, 4.69) is 24.1 Å². The first kappa shape index (κ1) is 12.5. The molecule has 102 valence electrons. The summed E-state index contributed by atoms with van der Waals surface area (Å²) in [7, 11) is 0. The number of carbonyl (C=O) groups is 1. The highest BCUT2D eigenvalue weighted by Gasteiger charge is 2.59. The van der Waals surface area contributed by atoms with Gasteiger partial charge in [-0.2, -0.15) is 0 Å². The fraction of sp³-hybridized carbons (Fsp3) is 0.933. The fourth-order valence-corrected chi connectivity index (χ4v) is 4.04. The Hall–Kier alpha value is -0.570. The molecule has 0 aromatic heterocycles. The lowest BCUT2D eigenvalue weighted by atomic mass is 9.83. The van der Waals surface area contributed by atoms with Crippen LogP contribution in [0.25, 0.3) is 0 Å².